The maximum Gasteiger partial charge on any atom is 0.573 e. The second kappa shape index (κ2) is 11.5. The van der Waals surface area contributed by atoms with Crippen LogP contribution < -0.4 is 19.3 Å². The van der Waals surface area contributed by atoms with Gasteiger partial charge in [0.25, 0.3) is 5.91 Å². The number of carbonyl (C=O) groups excluding carboxylic acids is 1. The van der Waals surface area contributed by atoms with E-state index in [0.717, 1.165) is 17.7 Å². The maximum atomic E-state index is 13.6. The molecule has 0 aliphatic carbocycles. The summed E-state index contributed by atoms with van der Waals surface area (Å²) in [5.41, 5.74) is -1.13. The molecule has 9 nitrogen and oxygen atoms in total. The zero-order valence-electron chi connectivity index (χ0n) is 21.6. The number of methoxy groups -OCH3 is 1. The summed E-state index contributed by atoms with van der Waals surface area (Å²) in [6.45, 7) is 0.0841. The fourth-order valence-electron chi connectivity index (χ4n) is 3.87. The minimum Gasteiger partial charge on any atom is -0.497 e. The number of alkyl halides is 6. The summed E-state index contributed by atoms with van der Waals surface area (Å²) in [6, 6.07) is 13.6. The molecule has 1 aromatic heterocycles. The molecule has 220 valence electrons. The number of carbonyl (C=O) groups is 2. The van der Waals surface area contributed by atoms with Crippen LogP contribution in [0.5, 0.6) is 11.5 Å². The van der Waals surface area contributed by atoms with Crippen molar-refractivity contribution in [3.8, 4) is 11.5 Å². The highest BCUT2D eigenvalue weighted by Gasteiger charge is 2.52. The van der Waals surface area contributed by atoms with Crippen LogP contribution in [0.15, 0.2) is 60.8 Å². The van der Waals surface area contributed by atoms with Crippen LogP contribution in [0.2, 0.25) is 0 Å². The minimum absolute atomic E-state index is 0.0211. The number of aliphatic carboxylic acids is 1. The molecule has 2 N–H and O–H groups in total. The Labute approximate surface area is 229 Å². The molecular formula is C26H23F6N3O6. The molecule has 4 rings (SSSR count). The smallest absolute Gasteiger partial charge is 0.497 e. The second-order valence-electron chi connectivity index (χ2n) is 8.78. The van der Waals surface area contributed by atoms with Gasteiger partial charge in [-0.15, -0.1) is 13.2 Å². The van der Waals surface area contributed by atoms with Gasteiger partial charge in [-0.3, -0.25) is 4.79 Å². The molecule has 1 aliphatic heterocycles. The summed E-state index contributed by atoms with van der Waals surface area (Å²) in [7, 11) is 5.10. The normalized spacial score (nSPS) is 16.4. The second-order valence-corrected chi connectivity index (χ2v) is 8.78. The molecule has 0 radical (unpaired) electrons. The predicted octanol–water partition coefficient (Wildman–Crippen LogP) is 4.47. The number of aliphatic hydroxyl groups is 1. The van der Waals surface area contributed by atoms with Gasteiger partial charge < -0.3 is 29.5 Å². The SMILES string of the molecule is COc1ccc(CN2C(=O)C(O)(c3ccc(N(C)C)nc3)c3cc(OC(F)(F)F)ccc32)cc1.O=C(O)C(F)(F)F. The summed E-state index contributed by atoms with van der Waals surface area (Å²) in [5, 5.41) is 18.8. The van der Waals surface area contributed by atoms with Crippen LogP contribution in [0.25, 0.3) is 0 Å². The van der Waals surface area contributed by atoms with Gasteiger partial charge in [0, 0.05) is 31.4 Å². The van der Waals surface area contributed by atoms with Crippen LogP contribution in [0.1, 0.15) is 16.7 Å². The van der Waals surface area contributed by atoms with Crippen molar-refractivity contribution >= 4 is 23.4 Å². The molecule has 2 heterocycles. The van der Waals surface area contributed by atoms with E-state index in [1.165, 1.54) is 30.3 Å². The third-order valence-corrected chi connectivity index (χ3v) is 5.80. The molecule has 3 aromatic rings. The Balaban J connectivity index is 0.000000587. The summed E-state index contributed by atoms with van der Waals surface area (Å²) in [5.74, 6) is -2.78. The van der Waals surface area contributed by atoms with Gasteiger partial charge in [0.1, 0.15) is 17.3 Å². The zero-order chi connectivity index (χ0) is 30.8. The number of nitrogens with zero attached hydrogens (tertiary/aromatic N) is 3. The van der Waals surface area contributed by atoms with Gasteiger partial charge in [-0.05, 0) is 42.0 Å². The Morgan fingerprint density at radius 2 is 1.59 bits per heavy atom. The lowest BCUT2D eigenvalue weighted by molar-refractivity contribution is -0.274. The van der Waals surface area contributed by atoms with Crippen molar-refractivity contribution in [2.75, 3.05) is 31.0 Å². The average molecular weight is 587 g/mol. The number of aromatic nitrogens is 1. The first-order valence-corrected chi connectivity index (χ1v) is 11.5. The molecule has 0 saturated heterocycles. The number of hydrogen-bond acceptors (Lipinski definition) is 7. The number of amides is 1. The van der Waals surface area contributed by atoms with Crippen LogP contribution >= 0.6 is 0 Å². The molecule has 1 aliphatic rings. The van der Waals surface area contributed by atoms with Gasteiger partial charge in [-0.1, -0.05) is 18.2 Å². The number of fused-ring (bicyclic) bond motifs is 1. The number of anilines is 2. The third-order valence-electron chi connectivity index (χ3n) is 5.80. The number of hydrogen-bond donors (Lipinski definition) is 2. The van der Waals surface area contributed by atoms with Gasteiger partial charge in [-0.2, -0.15) is 13.2 Å². The van der Waals surface area contributed by atoms with Crippen LogP contribution in [0.3, 0.4) is 0 Å². The van der Waals surface area contributed by atoms with Crippen molar-refractivity contribution in [3.05, 3.63) is 77.5 Å². The largest absolute Gasteiger partial charge is 0.573 e. The quantitative estimate of drug-likeness (QED) is 0.407. The van der Waals surface area contributed by atoms with Crippen LogP contribution in [-0.4, -0.2) is 60.8 Å². The van der Waals surface area contributed by atoms with Gasteiger partial charge >= 0.3 is 18.5 Å². The van der Waals surface area contributed by atoms with Crippen molar-refractivity contribution in [1.29, 1.82) is 0 Å². The van der Waals surface area contributed by atoms with E-state index in [2.05, 4.69) is 9.72 Å². The number of ether oxygens (including phenoxy) is 2. The zero-order valence-corrected chi connectivity index (χ0v) is 21.6. The molecule has 0 saturated carbocycles. The van der Waals surface area contributed by atoms with Gasteiger partial charge in [-0.25, -0.2) is 9.78 Å². The molecular weight excluding hydrogens is 564 g/mol. The Kier molecular flexibility index (Phi) is 8.72. The molecule has 0 spiro atoms. The van der Waals surface area contributed by atoms with E-state index in [0.29, 0.717) is 11.6 Å². The molecule has 2 aromatic carbocycles. The number of halogens is 6. The van der Waals surface area contributed by atoms with Crippen molar-refractivity contribution < 1.29 is 55.6 Å². The van der Waals surface area contributed by atoms with E-state index < -0.39 is 35.8 Å². The van der Waals surface area contributed by atoms with Gasteiger partial charge in [0.2, 0.25) is 0 Å². The number of carboxylic acids is 1. The van der Waals surface area contributed by atoms with Crippen LogP contribution in [0.4, 0.5) is 37.8 Å². The Hall–Kier alpha value is -4.53. The first kappa shape index (κ1) is 31.0. The lowest BCUT2D eigenvalue weighted by Gasteiger charge is -2.24. The fraction of sp³-hybridized carbons (Fsp3) is 0.269. The Morgan fingerprint density at radius 3 is 2.05 bits per heavy atom. The number of pyridine rings is 1. The maximum absolute atomic E-state index is 13.6. The summed E-state index contributed by atoms with van der Waals surface area (Å²) in [4.78, 5) is 29.8. The number of benzene rings is 2. The van der Waals surface area contributed by atoms with E-state index in [1.807, 2.05) is 0 Å². The highest BCUT2D eigenvalue weighted by atomic mass is 19.4. The third kappa shape index (κ3) is 6.98. The molecule has 1 unspecified atom stereocenters. The molecule has 0 fully saturated rings. The van der Waals surface area contributed by atoms with Gasteiger partial charge in [0.05, 0.1) is 19.3 Å². The first-order chi connectivity index (χ1) is 19.0. The monoisotopic (exact) mass is 587 g/mol. The summed E-state index contributed by atoms with van der Waals surface area (Å²) >= 11 is 0. The molecule has 0 bridgehead atoms. The van der Waals surface area contributed by atoms with E-state index in [1.54, 1.807) is 49.3 Å². The van der Waals surface area contributed by atoms with Crippen LogP contribution in [0, 0.1) is 0 Å². The minimum atomic E-state index is -5.08. The van der Waals surface area contributed by atoms with E-state index >= 15 is 0 Å². The lowest BCUT2D eigenvalue weighted by Crippen LogP contribution is -2.41. The van der Waals surface area contributed by atoms with Crippen molar-refractivity contribution in [1.82, 2.24) is 4.98 Å². The van der Waals surface area contributed by atoms with E-state index in [9.17, 15) is 36.2 Å². The molecule has 15 heteroatoms. The molecule has 1 amide bonds. The lowest BCUT2D eigenvalue weighted by atomic mass is 9.88. The fourth-order valence-corrected chi connectivity index (χ4v) is 3.87. The van der Waals surface area contributed by atoms with E-state index in [-0.39, 0.29) is 23.4 Å². The Bertz CT molecular complexity index is 1390. The van der Waals surface area contributed by atoms with E-state index in [4.69, 9.17) is 14.6 Å². The predicted molar refractivity (Wildman–Crippen MR) is 133 cm³/mol. The summed E-state index contributed by atoms with van der Waals surface area (Å²) in [6.07, 6.45) is -8.67. The highest BCUT2D eigenvalue weighted by molar-refractivity contribution is 6.09. The average Bonchev–Trinajstić information content (AvgIpc) is 3.10. The molecule has 41 heavy (non-hydrogen) atoms. The molecule has 1 atom stereocenters. The van der Waals surface area contributed by atoms with Crippen molar-refractivity contribution in [3.63, 3.8) is 0 Å². The highest BCUT2D eigenvalue weighted by Crippen LogP contribution is 2.47. The first-order valence-electron chi connectivity index (χ1n) is 11.5. The van der Waals surface area contributed by atoms with Crippen molar-refractivity contribution in [2.24, 2.45) is 0 Å². The number of carboxylic acid groups (broad SMARTS) is 1. The van der Waals surface area contributed by atoms with Crippen molar-refractivity contribution in [2.45, 2.75) is 24.7 Å². The van der Waals surface area contributed by atoms with Crippen LogP contribution in [-0.2, 0) is 21.7 Å². The number of rotatable bonds is 6. The van der Waals surface area contributed by atoms with Gasteiger partial charge in [0.15, 0.2) is 5.60 Å². The standard InChI is InChI=1S/C24H22F3N3O4.C2HF3O2/c1-29(2)21-11-6-16(13-28-21)23(32)19-12-18(34-24(25,26)27)9-10-20(19)30(22(23)31)14-15-4-7-17(33-3)8-5-15;3-2(4,5)1(6)7/h4-13,32H,14H2,1-3H3;(H,6,7). The summed E-state index contributed by atoms with van der Waals surface area (Å²) < 4.78 is 79.5. The topological polar surface area (TPSA) is 112 Å². The Morgan fingerprint density at radius 1 is 1.00 bits per heavy atom.